The zero-order valence-electron chi connectivity index (χ0n) is 9.05. The second kappa shape index (κ2) is 4.23. The van der Waals surface area contributed by atoms with Crippen molar-refractivity contribution in [3.05, 3.63) is 0 Å². The van der Waals surface area contributed by atoms with Crippen LogP contribution in [0.3, 0.4) is 0 Å². The van der Waals surface area contributed by atoms with Gasteiger partial charge >= 0.3 is 0 Å². The third-order valence-corrected chi connectivity index (χ3v) is 2.69. The number of nitrogens with zero attached hydrogens (tertiary/aromatic N) is 1. The van der Waals surface area contributed by atoms with Crippen LogP contribution in [0.4, 0.5) is 0 Å². The van der Waals surface area contributed by atoms with Gasteiger partial charge in [0, 0.05) is 18.5 Å². The minimum absolute atomic E-state index is 0.170. The number of carbonyl (C=O) groups is 1. The Balaban J connectivity index is 2.39. The average molecular weight is 183 g/mol. The van der Waals surface area contributed by atoms with Crippen molar-refractivity contribution in [2.24, 2.45) is 11.3 Å². The Morgan fingerprint density at radius 3 is 2.77 bits per heavy atom. The maximum atomic E-state index is 10.8. The number of piperidine rings is 1. The standard InChI is InChI=1S/C11H21NO/c1-10-5-4-6-12(7-10)8-11(2,3)9-13/h9-10H,4-8H2,1-3H3/t10-/m1/s1. The average Bonchev–Trinajstić information content (AvgIpc) is 2.03. The molecule has 2 nitrogen and oxygen atoms in total. The highest BCUT2D eigenvalue weighted by atomic mass is 16.1. The molecule has 0 aliphatic carbocycles. The van der Waals surface area contributed by atoms with Crippen LogP contribution in [0.5, 0.6) is 0 Å². The largest absolute Gasteiger partial charge is 0.303 e. The summed E-state index contributed by atoms with van der Waals surface area (Å²) in [6.45, 7) is 9.57. The van der Waals surface area contributed by atoms with Crippen LogP contribution in [0.15, 0.2) is 0 Å². The molecule has 13 heavy (non-hydrogen) atoms. The Bertz CT molecular complexity index is 177. The minimum atomic E-state index is -0.170. The molecule has 0 unspecified atom stereocenters. The van der Waals surface area contributed by atoms with Crippen molar-refractivity contribution in [1.82, 2.24) is 4.90 Å². The highest BCUT2D eigenvalue weighted by molar-refractivity contribution is 5.58. The number of aldehydes is 1. The van der Waals surface area contributed by atoms with Gasteiger partial charge < -0.3 is 9.69 Å². The van der Waals surface area contributed by atoms with Crippen molar-refractivity contribution in [3.8, 4) is 0 Å². The zero-order valence-corrected chi connectivity index (χ0v) is 9.05. The molecule has 0 aromatic heterocycles. The van der Waals surface area contributed by atoms with E-state index in [1.807, 2.05) is 13.8 Å². The van der Waals surface area contributed by atoms with E-state index in [1.54, 1.807) is 0 Å². The number of hydrogen-bond acceptors (Lipinski definition) is 2. The topological polar surface area (TPSA) is 20.3 Å². The molecule has 0 amide bonds. The normalized spacial score (nSPS) is 25.9. The fourth-order valence-corrected chi connectivity index (χ4v) is 2.04. The van der Waals surface area contributed by atoms with Crippen LogP contribution in [-0.2, 0) is 4.79 Å². The zero-order chi connectivity index (χ0) is 9.90. The molecule has 0 bridgehead atoms. The molecular weight excluding hydrogens is 162 g/mol. The lowest BCUT2D eigenvalue weighted by molar-refractivity contribution is -0.115. The van der Waals surface area contributed by atoms with E-state index < -0.39 is 0 Å². The number of carbonyl (C=O) groups excluding carboxylic acids is 1. The Kier molecular flexibility index (Phi) is 3.48. The van der Waals surface area contributed by atoms with E-state index in [0.717, 1.165) is 25.3 Å². The molecule has 1 aliphatic heterocycles. The highest BCUT2D eigenvalue weighted by Crippen LogP contribution is 2.20. The first-order valence-corrected chi connectivity index (χ1v) is 5.22. The van der Waals surface area contributed by atoms with Crippen molar-refractivity contribution >= 4 is 6.29 Å². The van der Waals surface area contributed by atoms with Crippen molar-refractivity contribution < 1.29 is 4.79 Å². The second-order valence-electron chi connectivity index (χ2n) is 5.09. The van der Waals surface area contributed by atoms with E-state index in [4.69, 9.17) is 0 Å². The number of hydrogen-bond donors (Lipinski definition) is 0. The first kappa shape index (κ1) is 10.7. The quantitative estimate of drug-likeness (QED) is 0.623. The molecule has 0 aromatic rings. The Labute approximate surface area is 81.3 Å². The predicted molar refractivity (Wildman–Crippen MR) is 54.7 cm³/mol. The highest BCUT2D eigenvalue weighted by Gasteiger charge is 2.24. The third-order valence-electron chi connectivity index (χ3n) is 2.69. The molecule has 1 fully saturated rings. The Hall–Kier alpha value is -0.370. The summed E-state index contributed by atoms with van der Waals surface area (Å²) in [6, 6.07) is 0. The maximum absolute atomic E-state index is 10.8. The molecule has 0 aromatic carbocycles. The van der Waals surface area contributed by atoms with E-state index in [9.17, 15) is 4.79 Å². The summed E-state index contributed by atoms with van der Waals surface area (Å²) in [5.41, 5.74) is -0.170. The molecule has 0 radical (unpaired) electrons. The fraction of sp³-hybridized carbons (Fsp3) is 0.909. The molecule has 76 valence electrons. The van der Waals surface area contributed by atoms with Crippen LogP contribution < -0.4 is 0 Å². The van der Waals surface area contributed by atoms with Gasteiger partial charge in [0.05, 0.1) is 0 Å². The Morgan fingerprint density at radius 2 is 2.23 bits per heavy atom. The first-order chi connectivity index (χ1) is 6.03. The smallest absolute Gasteiger partial charge is 0.126 e. The summed E-state index contributed by atoms with van der Waals surface area (Å²) in [6.07, 6.45) is 3.71. The molecule has 2 heteroatoms. The summed E-state index contributed by atoms with van der Waals surface area (Å²) in [5.74, 6) is 0.802. The molecule has 1 heterocycles. The lowest BCUT2D eigenvalue weighted by Crippen LogP contribution is -2.41. The summed E-state index contributed by atoms with van der Waals surface area (Å²) < 4.78 is 0. The second-order valence-corrected chi connectivity index (χ2v) is 5.09. The SMILES string of the molecule is C[C@@H]1CCCN(CC(C)(C)C=O)C1. The van der Waals surface area contributed by atoms with Crippen LogP contribution in [0.25, 0.3) is 0 Å². The van der Waals surface area contributed by atoms with Gasteiger partial charge in [0.15, 0.2) is 0 Å². The van der Waals surface area contributed by atoms with E-state index in [0.29, 0.717) is 0 Å². The summed E-state index contributed by atoms with van der Waals surface area (Å²) in [7, 11) is 0. The lowest BCUT2D eigenvalue weighted by atomic mass is 9.92. The molecular formula is C11H21NO. The van der Waals surface area contributed by atoms with E-state index in [-0.39, 0.29) is 5.41 Å². The van der Waals surface area contributed by atoms with Crippen molar-refractivity contribution in [2.45, 2.75) is 33.6 Å². The van der Waals surface area contributed by atoms with E-state index >= 15 is 0 Å². The van der Waals surface area contributed by atoms with Gasteiger partial charge in [0.2, 0.25) is 0 Å². The van der Waals surface area contributed by atoms with E-state index in [1.165, 1.54) is 19.4 Å². The Morgan fingerprint density at radius 1 is 1.54 bits per heavy atom. The van der Waals surface area contributed by atoms with Gasteiger partial charge in [0.1, 0.15) is 6.29 Å². The summed E-state index contributed by atoms with van der Waals surface area (Å²) in [4.78, 5) is 13.2. The number of likely N-dealkylation sites (tertiary alicyclic amines) is 1. The van der Waals surface area contributed by atoms with Crippen molar-refractivity contribution in [2.75, 3.05) is 19.6 Å². The predicted octanol–water partition coefficient (Wildman–Crippen LogP) is 1.94. The first-order valence-electron chi connectivity index (χ1n) is 5.22. The van der Waals surface area contributed by atoms with Crippen LogP contribution >= 0.6 is 0 Å². The number of rotatable bonds is 3. The lowest BCUT2D eigenvalue weighted by Gasteiger charge is -2.34. The van der Waals surface area contributed by atoms with Crippen molar-refractivity contribution in [1.29, 1.82) is 0 Å². The van der Waals surface area contributed by atoms with Gasteiger partial charge in [-0.1, -0.05) is 20.8 Å². The monoisotopic (exact) mass is 183 g/mol. The fourth-order valence-electron chi connectivity index (χ4n) is 2.04. The minimum Gasteiger partial charge on any atom is -0.303 e. The summed E-state index contributed by atoms with van der Waals surface area (Å²) >= 11 is 0. The van der Waals surface area contributed by atoms with Crippen LogP contribution in [0.2, 0.25) is 0 Å². The van der Waals surface area contributed by atoms with Gasteiger partial charge in [-0.05, 0) is 25.3 Å². The molecule has 0 N–H and O–H groups in total. The van der Waals surface area contributed by atoms with Crippen molar-refractivity contribution in [3.63, 3.8) is 0 Å². The molecule has 1 atom stereocenters. The molecule has 0 spiro atoms. The molecule has 1 saturated heterocycles. The van der Waals surface area contributed by atoms with Crippen LogP contribution in [0.1, 0.15) is 33.6 Å². The van der Waals surface area contributed by atoms with Gasteiger partial charge in [-0.2, -0.15) is 0 Å². The third kappa shape index (κ3) is 3.47. The maximum Gasteiger partial charge on any atom is 0.126 e. The van der Waals surface area contributed by atoms with Gasteiger partial charge in [-0.25, -0.2) is 0 Å². The molecule has 1 aliphatic rings. The van der Waals surface area contributed by atoms with E-state index in [2.05, 4.69) is 11.8 Å². The summed E-state index contributed by atoms with van der Waals surface area (Å²) in [5, 5.41) is 0. The van der Waals surface area contributed by atoms with Gasteiger partial charge in [-0.3, -0.25) is 0 Å². The van der Waals surface area contributed by atoms with Crippen LogP contribution in [-0.4, -0.2) is 30.8 Å². The molecule has 0 saturated carbocycles. The molecule has 1 rings (SSSR count). The van der Waals surface area contributed by atoms with Gasteiger partial charge in [0.25, 0.3) is 0 Å². The van der Waals surface area contributed by atoms with Gasteiger partial charge in [-0.15, -0.1) is 0 Å². The van der Waals surface area contributed by atoms with Crippen LogP contribution in [0, 0.1) is 11.3 Å².